The van der Waals surface area contributed by atoms with E-state index in [9.17, 15) is 4.79 Å². The third-order valence-electron chi connectivity index (χ3n) is 2.05. The van der Waals surface area contributed by atoms with Gasteiger partial charge in [0.2, 0.25) is 5.91 Å². The number of hydrogen-bond acceptors (Lipinski definition) is 2. The molecule has 15 heavy (non-hydrogen) atoms. The molecule has 0 atom stereocenters. The first-order valence-corrected chi connectivity index (χ1v) is 5.18. The fourth-order valence-corrected chi connectivity index (χ4v) is 1.50. The van der Waals surface area contributed by atoms with Gasteiger partial charge < -0.3 is 10.4 Å². The van der Waals surface area contributed by atoms with Gasteiger partial charge in [0.25, 0.3) is 0 Å². The van der Waals surface area contributed by atoms with Crippen molar-refractivity contribution in [1.29, 1.82) is 0 Å². The summed E-state index contributed by atoms with van der Waals surface area (Å²) in [6.07, 6.45) is 0.774. The molecule has 0 fully saturated rings. The van der Waals surface area contributed by atoms with Crippen LogP contribution >= 0.6 is 11.6 Å². The molecule has 1 aromatic carbocycles. The van der Waals surface area contributed by atoms with Gasteiger partial charge in [0.1, 0.15) is 0 Å². The fourth-order valence-electron chi connectivity index (χ4n) is 1.23. The van der Waals surface area contributed by atoms with Crippen molar-refractivity contribution in [3.63, 3.8) is 0 Å². The van der Waals surface area contributed by atoms with E-state index in [1.807, 2.05) is 19.1 Å². The first-order valence-electron chi connectivity index (χ1n) is 4.81. The van der Waals surface area contributed by atoms with Gasteiger partial charge in [-0.3, -0.25) is 4.79 Å². The van der Waals surface area contributed by atoms with Gasteiger partial charge in [0, 0.05) is 13.0 Å². The Balaban J connectivity index is 2.68. The number of nitrogens with one attached hydrogen (secondary N) is 1. The Labute approximate surface area is 94.1 Å². The van der Waals surface area contributed by atoms with Crippen LogP contribution in [0.3, 0.4) is 0 Å². The van der Waals surface area contributed by atoms with Crippen LogP contribution in [0.2, 0.25) is 5.02 Å². The summed E-state index contributed by atoms with van der Waals surface area (Å²) < 4.78 is 0. The van der Waals surface area contributed by atoms with Gasteiger partial charge in [-0.05, 0) is 25.0 Å². The minimum absolute atomic E-state index is 0.0227. The zero-order valence-electron chi connectivity index (χ0n) is 8.59. The standard InChI is InChI=1S/C11H14ClNO2/c1-8-4-2-5-9(12)11(8)13-10(15)6-3-7-14/h2,4-5,14H,3,6-7H2,1H3,(H,13,15). The largest absolute Gasteiger partial charge is 0.396 e. The number of hydrogen-bond donors (Lipinski definition) is 2. The smallest absolute Gasteiger partial charge is 0.224 e. The average Bonchev–Trinajstić information content (AvgIpc) is 2.21. The molecule has 0 heterocycles. The third kappa shape index (κ3) is 3.53. The second kappa shape index (κ2) is 5.73. The Hall–Kier alpha value is -1.06. The van der Waals surface area contributed by atoms with E-state index in [2.05, 4.69) is 5.32 Å². The Morgan fingerprint density at radius 2 is 2.27 bits per heavy atom. The molecule has 1 rings (SSSR count). The number of aryl methyl sites for hydroxylation is 1. The number of aliphatic hydroxyl groups is 1. The molecular weight excluding hydrogens is 214 g/mol. The highest BCUT2D eigenvalue weighted by atomic mass is 35.5. The molecule has 0 unspecified atom stereocenters. The molecule has 0 aliphatic heterocycles. The highest BCUT2D eigenvalue weighted by Crippen LogP contribution is 2.25. The van der Waals surface area contributed by atoms with Gasteiger partial charge in [-0.2, -0.15) is 0 Å². The second-order valence-electron chi connectivity index (χ2n) is 3.31. The average molecular weight is 228 g/mol. The monoisotopic (exact) mass is 227 g/mol. The molecule has 82 valence electrons. The van der Waals surface area contributed by atoms with Gasteiger partial charge in [-0.1, -0.05) is 23.7 Å². The highest BCUT2D eigenvalue weighted by Gasteiger charge is 2.07. The number of halogens is 1. The number of rotatable bonds is 4. The molecule has 0 radical (unpaired) electrons. The lowest BCUT2D eigenvalue weighted by molar-refractivity contribution is -0.116. The van der Waals surface area contributed by atoms with Crippen LogP contribution in [-0.2, 0) is 4.79 Å². The summed E-state index contributed by atoms with van der Waals surface area (Å²) in [5, 5.41) is 11.9. The van der Waals surface area contributed by atoms with Crippen LogP contribution in [-0.4, -0.2) is 17.6 Å². The quantitative estimate of drug-likeness (QED) is 0.830. The highest BCUT2D eigenvalue weighted by molar-refractivity contribution is 6.33. The van der Waals surface area contributed by atoms with E-state index in [0.717, 1.165) is 5.56 Å². The summed E-state index contributed by atoms with van der Waals surface area (Å²) in [4.78, 5) is 11.4. The maximum atomic E-state index is 11.4. The summed E-state index contributed by atoms with van der Waals surface area (Å²) in [6, 6.07) is 5.45. The van der Waals surface area contributed by atoms with Crippen LogP contribution < -0.4 is 5.32 Å². The Kier molecular flexibility index (Phi) is 4.59. The number of para-hydroxylation sites is 1. The maximum absolute atomic E-state index is 11.4. The van der Waals surface area contributed by atoms with Crippen LogP contribution in [0.5, 0.6) is 0 Å². The van der Waals surface area contributed by atoms with E-state index in [1.165, 1.54) is 0 Å². The van der Waals surface area contributed by atoms with Gasteiger partial charge in [-0.15, -0.1) is 0 Å². The number of anilines is 1. The molecule has 2 N–H and O–H groups in total. The summed E-state index contributed by atoms with van der Waals surface area (Å²) in [5.74, 6) is -0.125. The molecule has 1 aromatic rings. The first kappa shape index (κ1) is 12.0. The molecule has 0 aromatic heterocycles. The van der Waals surface area contributed by atoms with E-state index in [0.29, 0.717) is 23.6 Å². The molecule has 0 saturated carbocycles. The lowest BCUT2D eigenvalue weighted by atomic mass is 10.2. The van der Waals surface area contributed by atoms with Crippen LogP contribution in [0.1, 0.15) is 18.4 Å². The topological polar surface area (TPSA) is 49.3 Å². The fraction of sp³-hybridized carbons (Fsp3) is 0.364. The number of aliphatic hydroxyl groups excluding tert-OH is 1. The van der Waals surface area contributed by atoms with Gasteiger partial charge >= 0.3 is 0 Å². The summed E-state index contributed by atoms with van der Waals surface area (Å²) in [5.41, 5.74) is 1.59. The molecule has 3 nitrogen and oxygen atoms in total. The van der Waals surface area contributed by atoms with E-state index in [-0.39, 0.29) is 12.5 Å². The molecule has 0 saturated heterocycles. The van der Waals surface area contributed by atoms with E-state index >= 15 is 0 Å². The summed E-state index contributed by atoms with van der Waals surface area (Å²) in [6.45, 7) is 1.91. The normalized spacial score (nSPS) is 10.1. The van der Waals surface area contributed by atoms with Crippen molar-refractivity contribution >= 4 is 23.2 Å². The van der Waals surface area contributed by atoms with Crippen LogP contribution in [0.25, 0.3) is 0 Å². The van der Waals surface area contributed by atoms with E-state index in [4.69, 9.17) is 16.7 Å². The lowest BCUT2D eigenvalue weighted by Crippen LogP contribution is -2.13. The van der Waals surface area contributed by atoms with Crippen molar-refractivity contribution in [2.24, 2.45) is 0 Å². The lowest BCUT2D eigenvalue weighted by Gasteiger charge is -2.09. The predicted octanol–water partition coefficient (Wildman–Crippen LogP) is 2.36. The summed E-state index contributed by atoms with van der Waals surface area (Å²) in [7, 11) is 0. The number of benzene rings is 1. The van der Waals surface area contributed by atoms with E-state index < -0.39 is 0 Å². The van der Waals surface area contributed by atoms with Gasteiger partial charge in [0.15, 0.2) is 0 Å². The third-order valence-corrected chi connectivity index (χ3v) is 2.36. The molecule has 4 heteroatoms. The predicted molar refractivity (Wildman–Crippen MR) is 61.1 cm³/mol. The van der Waals surface area contributed by atoms with Crippen molar-refractivity contribution < 1.29 is 9.90 Å². The van der Waals surface area contributed by atoms with Crippen molar-refractivity contribution in [1.82, 2.24) is 0 Å². The van der Waals surface area contributed by atoms with Crippen LogP contribution in [0, 0.1) is 6.92 Å². The van der Waals surface area contributed by atoms with Crippen molar-refractivity contribution in [2.75, 3.05) is 11.9 Å². The van der Waals surface area contributed by atoms with Crippen molar-refractivity contribution in [3.8, 4) is 0 Å². The number of carbonyl (C=O) groups excluding carboxylic acids is 1. The zero-order valence-corrected chi connectivity index (χ0v) is 9.34. The zero-order chi connectivity index (χ0) is 11.3. The van der Waals surface area contributed by atoms with E-state index in [1.54, 1.807) is 6.07 Å². The summed E-state index contributed by atoms with van der Waals surface area (Å²) >= 11 is 5.94. The number of amides is 1. The van der Waals surface area contributed by atoms with Crippen LogP contribution in [0.4, 0.5) is 5.69 Å². The Bertz CT molecular complexity index is 332. The minimum atomic E-state index is -0.125. The molecular formula is C11H14ClNO2. The van der Waals surface area contributed by atoms with Gasteiger partial charge in [-0.25, -0.2) is 0 Å². The molecule has 0 aliphatic rings. The Morgan fingerprint density at radius 3 is 2.87 bits per heavy atom. The molecule has 0 spiro atoms. The maximum Gasteiger partial charge on any atom is 0.224 e. The molecule has 1 amide bonds. The van der Waals surface area contributed by atoms with Crippen molar-refractivity contribution in [2.45, 2.75) is 19.8 Å². The minimum Gasteiger partial charge on any atom is -0.396 e. The SMILES string of the molecule is Cc1cccc(Cl)c1NC(=O)CCCO. The molecule has 0 bridgehead atoms. The molecule has 0 aliphatic carbocycles. The van der Waals surface area contributed by atoms with Gasteiger partial charge in [0.05, 0.1) is 10.7 Å². The van der Waals surface area contributed by atoms with Crippen molar-refractivity contribution in [3.05, 3.63) is 28.8 Å². The Morgan fingerprint density at radius 1 is 1.53 bits per heavy atom. The number of carbonyl (C=O) groups is 1. The van der Waals surface area contributed by atoms with Crippen LogP contribution in [0.15, 0.2) is 18.2 Å². The second-order valence-corrected chi connectivity index (χ2v) is 3.71. The first-order chi connectivity index (χ1) is 7.15.